The smallest absolute Gasteiger partial charge is 0.151 e. The van der Waals surface area contributed by atoms with E-state index >= 15 is 0 Å². The summed E-state index contributed by atoms with van der Waals surface area (Å²) in [5, 5.41) is 14.4. The molecular formula is C27H28N4O. The largest absolute Gasteiger partial charge is 0.455 e. The lowest BCUT2D eigenvalue weighted by Gasteiger charge is -2.17. The first-order valence-electron chi connectivity index (χ1n) is 11.0. The van der Waals surface area contributed by atoms with E-state index in [0.29, 0.717) is 0 Å². The number of benzene rings is 3. The molecule has 1 heterocycles. The number of anilines is 2. The second-order valence-electron chi connectivity index (χ2n) is 7.44. The lowest BCUT2D eigenvalue weighted by molar-refractivity contribution is 0.603. The third-order valence-corrected chi connectivity index (χ3v) is 5.22. The first-order chi connectivity index (χ1) is 15.7. The predicted molar refractivity (Wildman–Crippen MR) is 135 cm³/mol. The van der Waals surface area contributed by atoms with E-state index < -0.39 is 0 Å². The van der Waals surface area contributed by atoms with Crippen molar-refractivity contribution in [3.05, 3.63) is 96.3 Å². The standard InChI is InChI=1S/C27H28N4O/c1-4-30(24-12-8-6-9-13-24)28-20-22-16-17-26-23(18-22)19-27(32-26)21(3)29-31(5-2)25-14-10-7-11-15-25/h6-20H,4-5H2,1-3H3/b28-20+,29-21+. The van der Waals surface area contributed by atoms with Crippen LogP contribution in [0.5, 0.6) is 0 Å². The Bertz CT molecular complexity index is 1210. The minimum atomic E-state index is 0.767. The molecule has 1 aromatic heterocycles. The Balaban J connectivity index is 1.56. The average molecular weight is 425 g/mol. The molecule has 4 rings (SSSR count). The van der Waals surface area contributed by atoms with Gasteiger partial charge in [0.05, 0.1) is 17.6 Å². The second kappa shape index (κ2) is 9.96. The quantitative estimate of drug-likeness (QED) is 0.238. The lowest BCUT2D eigenvalue weighted by atomic mass is 10.1. The van der Waals surface area contributed by atoms with Crippen molar-refractivity contribution in [1.29, 1.82) is 0 Å². The summed E-state index contributed by atoms with van der Waals surface area (Å²) in [6, 6.07) is 28.5. The van der Waals surface area contributed by atoms with Crippen LogP contribution in [0.4, 0.5) is 11.4 Å². The zero-order valence-electron chi connectivity index (χ0n) is 18.8. The number of rotatable bonds is 8. The molecule has 0 saturated heterocycles. The topological polar surface area (TPSA) is 44.3 Å². The van der Waals surface area contributed by atoms with Crippen LogP contribution >= 0.6 is 0 Å². The summed E-state index contributed by atoms with van der Waals surface area (Å²) < 4.78 is 6.07. The molecule has 0 aliphatic carbocycles. The molecule has 32 heavy (non-hydrogen) atoms. The molecule has 0 saturated carbocycles. The number of hydrogen-bond acceptors (Lipinski definition) is 5. The van der Waals surface area contributed by atoms with Gasteiger partial charge in [0, 0.05) is 18.5 Å². The summed E-state index contributed by atoms with van der Waals surface area (Å²) in [5.74, 6) is 0.767. The minimum Gasteiger partial charge on any atom is -0.455 e. The van der Waals surface area contributed by atoms with Crippen LogP contribution < -0.4 is 10.0 Å². The molecule has 0 unspecified atom stereocenters. The van der Waals surface area contributed by atoms with Crippen LogP contribution in [0.1, 0.15) is 32.1 Å². The maximum atomic E-state index is 6.07. The fourth-order valence-electron chi connectivity index (χ4n) is 3.53. The number of nitrogens with zero attached hydrogens (tertiary/aromatic N) is 4. The van der Waals surface area contributed by atoms with Gasteiger partial charge < -0.3 is 4.42 Å². The highest BCUT2D eigenvalue weighted by Gasteiger charge is 2.10. The second-order valence-corrected chi connectivity index (χ2v) is 7.44. The molecule has 0 aliphatic heterocycles. The van der Waals surface area contributed by atoms with E-state index in [-0.39, 0.29) is 0 Å². The molecule has 0 bridgehead atoms. The van der Waals surface area contributed by atoms with Gasteiger partial charge in [-0.05, 0) is 74.9 Å². The number of fused-ring (bicyclic) bond motifs is 1. The first kappa shape index (κ1) is 21.4. The maximum Gasteiger partial charge on any atom is 0.151 e. The van der Waals surface area contributed by atoms with Crippen LogP contribution in [0.15, 0.2) is 99.5 Å². The Labute approximate surface area is 189 Å². The van der Waals surface area contributed by atoms with Crippen molar-refractivity contribution in [1.82, 2.24) is 0 Å². The monoisotopic (exact) mass is 424 g/mol. The number of furan rings is 1. The number of para-hydroxylation sites is 2. The zero-order valence-corrected chi connectivity index (χ0v) is 18.8. The molecule has 3 aromatic carbocycles. The summed E-state index contributed by atoms with van der Waals surface area (Å²) in [7, 11) is 0. The molecule has 5 nitrogen and oxygen atoms in total. The molecule has 0 N–H and O–H groups in total. The highest BCUT2D eigenvalue weighted by molar-refractivity contribution is 6.01. The van der Waals surface area contributed by atoms with E-state index in [2.05, 4.69) is 49.3 Å². The SMILES string of the molecule is CCN(/N=C/c1ccc2oc(/C(C)=N/N(CC)c3ccccc3)cc2c1)c1ccccc1. The summed E-state index contributed by atoms with van der Waals surface area (Å²) in [6.45, 7) is 7.72. The zero-order chi connectivity index (χ0) is 22.3. The van der Waals surface area contributed by atoms with Gasteiger partial charge in [0.15, 0.2) is 5.76 Å². The third kappa shape index (κ3) is 4.89. The molecule has 0 radical (unpaired) electrons. The average Bonchev–Trinajstić information content (AvgIpc) is 3.28. The molecule has 0 fully saturated rings. The minimum absolute atomic E-state index is 0.767. The molecule has 5 heteroatoms. The molecule has 0 atom stereocenters. The van der Waals surface area contributed by atoms with Gasteiger partial charge in [-0.3, -0.25) is 10.0 Å². The third-order valence-electron chi connectivity index (χ3n) is 5.22. The Kier molecular flexibility index (Phi) is 6.66. The number of hydrogen-bond donors (Lipinski definition) is 0. The van der Waals surface area contributed by atoms with E-state index in [1.807, 2.05) is 77.8 Å². The van der Waals surface area contributed by atoms with Crippen LogP contribution in [0, 0.1) is 0 Å². The van der Waals surface area contributed by atoms with Gasteiger partial charge in [-0.25, -0.2) is 0 Å². The maximum absolute atomic E-state index is 6.07. The number of hydrazone groups is 2. The van der Waals surface area contributed by atoms with Crippen LogP contribution in [0.25, 0.3) is 11.0 Å². The van der Waals surface area contributed by atoms with Gasteiger partial charge in [-0.15, -0.1) is 0 Å². The normalized spacial score (nSPS) is 11.9. The van der Waals surface area contributed by atoms with Crippen LogP contribution in [-0.4, -0.2) is 25.0 Å². The van der Waals surface area contributed by atoms with Gasteiger partial charge >= 0.3 is 0 Å². The summed E-state index contributed by atoms with van der Waals surface area (Å²) in [5.41, 5.74) is 4.83. The molecule has 0 amide bonds. The fraction of sp³-hybridized carbons (Fsp3) is 0.185. The molecule has 4 aromatic rings. The Morgan fingerprint density at radius 2 is 1.44 bits per heavy atom. The Hall–Kier alpha value is -3.86. The molecule has 0 aliphatic rings. The van der Waals surface area contributed by atoms with Crippen LogP contribution in [0.2, 0.25) is 0 Å². The van der Waals surface area contributed by atoms with Crippen molar-refractivity contribution in [3.8, 4) is 0 Å². The van der Waals surface area contributed by atoms with E-state index in [0.717, 1.165) is 52.5 Å². The van der Waals surface area contributed by atoms with Gasteiger partial charge in [0.25, 0.3) is 0 Å². The van der Waals surface area contributed by atoms with Crippen molar-refractivity contribution in [3.63, 3.8) is 0 Å². The highest BCUT2D eigenvalue weighted by atomic mass is 16.3. The van der Waals surface area contributed by atoms with Crippen LogP contribution in [0.3, 0.4) is 0 Å². The summed E-state index contributed by atoms with van der Waals surface area (Å²) in [4.78, 5) is 0. The highest BCUT2D eigenvalue weighted by Crippen LogP contribution is 2.22. The van der Waals surface area contributed by atoms with Crippen molar-refractivity contribution >= 4 is 34.3 Å². The van der Waals surface area contributed by atoms with E-state index in [9.17, 15) is 0 Å². The van der Waals surface area contributed by atoms with Gasteiger partial charge in [0.2, 0.25) is 0 Å². The van der Waals surface area contributed by atoms with E-state index in [1.54, 1.807) is 0 Å². The predicted octanol–water partition coefficient (Wildman–Crippen LogP) is 6.54. The molecular weight excluding hydrogens is 396 g/mol. The molecule has 162 valence electrons. The van der Waals surface area contributed by atoms with Gasteiger partial charge in [-0.1, -0.05) is 36.4 Å². The van der Waals surface area contributed by atoms with Crippen molar-refractivity contribution in [2.75, 3.05) is 23.1 Å². The van der Waals surface area contributed by atoms with Gasteiger partial charge in [0.1, 0.15) is 11.3 Å². The summed E-state index contributed by atoms with van der Waals surface area (Å²) in [6.07, 6.45) is 1.89. The fourth-order valence-corrected chi connectivity index (χ4v) is 3.53. The Morgan fingerprint density at radius 1 is 0.812 bits per heavy atom. The van der Waals surface area contributed by atoms with E-state index in [4.69, 9.17) is 9.52 Å². The van der Waals surface area contributed by atoms with Crippen molar-refractivity contribution < 1.29 is 4.42 Å². The Morgan fingerprint density at radius 3 is 2.06 bits per heavy atom. The van der Waals surface area contributed by atoms with E-state index in [1.165, 1.54) is 0 Å². The summed E-state index contributed by atoms with van der Waals surface area (Å²) >= 11 is 0. The lowest BCUT2D eigenvalue weighted by Crippen LogP contribution is -2.17. The van der Waals surface area contributed by atoms with Gasteiger partial charge in [-0.2, -0.15) is 10.2 Å². The van der Waals surface area contributed by atoms with Crippen molar-refractivity contribution in [2.24, 2.45) is 10.2 Å². The van der Waals surface area contributed by atoms with Crippen molar-refractivity contribution in [2.45, 2.75) is 20.8 Å². The first-order valence-corrected chi connectivity index (χ1v) is 11.0. The van der Waals surface area contributed by atoms with Crippen LogP contribution in [-0.2, 0) is 0 Å². The molecule has 0 spiro atoms.